The van der Waals surface area contributed by atoms with Gasteiger partial charge >= 0.3 is 6.18 Å². The van der Waals surface area contributed by atoms with E-state index in [-0.39, 0.29) is 23.0 Å². The molecule has 0 spiro atoms. The number of halogens is 3. The molecule has 0 aliphatic rings. The number of amides is 1. The molecule has 2 aromatic heterocycles. The highest BCUT2D eigenvalue weighted by Gasteiger charge is 2.30. The molecular formula is C20H15F3N8O2. The van der Waals surface area contributed by atoms with Gasteiger partial charge in [0.15, 0.2) is 5.69 Å². The third-order valence-corrected chi connectivity index (χ3v) is 4.52. The van der Waals surface area contributed by atoms with Gasteiger partial charge in [-0.15, -0.1) is 5.10 Å². The maximum Gasteiger partial charge on any atom is 0.416 e. The van der Waals surface area contributed by atoms with Gasteiger partial charge in [0.2, 0.25) is 11.6 Å². The topological polar surface area (TPSA) is 137 Å². The molecule has 0 atom stereocenters. The third-order valence-electron chi connectivity index (χ3n) is 4.52. The first-order chi connectivity index (χ1) is 15.7. The Morgan fingerprint density at radius 2 is 1.82 bits per heavy atom. The van der Waals surface area contributed by atoms with E-state index in [2.05, 4.69) is 35.8 Å². The standard InChI is InChI=1S/C20H15F3N8O2/c1-11-2-6-13(7-3-11)16-15(26-30-31(16)18-17(24)28-33-29-18)19(32)27-25-10-12-4-8-14(9-5-12)20(21,22)23/h2-10H,1H3,(H2,24,28)(H,27,32)/b25-10-. The van der Waals surface area contributed by atoms with Crippen molar-refractivity contribution in [2.24, 2.45) is 5.10 Å². The van der Waals surface area contributed by atoms with Crippen molar-refractivity contribution in [2.75, 3.05) is 5.73 Å². The van der Waals surface area contributed by atoms with Crippen molar-refractivity contribution in [2.45, 2.75) is 13.1 Å². The zero-order valence-electron chi connectivity index (χ0n) is 16.9. The van der Waals surface area contributed by atoms with E-state index in [0.717, 1.165) is 17.7 Å². The number of nitrogens with one attached hydrogen (secondary N) is 1. The quantitative estimate of drug-likeness (QED) is 0.348. The van der Waals surface area contributed by atoms with Crippen LogP contribution in [0.2, 0.25) is 0 Å². The molecule has 0 aliphatic heterocycles. The molecule has 4 rings (SSSR count). The van der Waals surface area contributed by atoms with E-state index in [0.29, 0.717) is 11.1 Å². The van der Waals surface area contributed by atoms with E-state index >= 15 is 0 Å². The number of hydrazone groups is 1. The van der Waals surface area contributed by atoms with Crippen LogP contribution in [-0.2, 0) is 6.18 Å². The number of carbonyl (C=O) groups excluding carboxylic acids is 1. The first-order valence-corrected chi connectivity index (χ1v) is 9.36. The van der Waals surface area contributed by atoms with Crippen LogP contribution in [-0.4, -0.2) is 37.4 Å². The van der Waals surface area contributed by atoms with Crippen molar-refractivity contribution in [1.82, 2.24) is 30.7 Å². The SMILES string of the molecule is Cc1ccc(-c2c(C(=O)N/N=C\c3ccc(C(F)(F)F)cc3)nnn2-c2nonc2N)cc1. The van der Waals surface area contributed by atoms with Gasteiger partial charge in [0, 0.05) is 5.56 Å². The maximum atomic E-state index is 12.8. The number of aromatic nitrogens is 5. The number of hydrogen-bond donors (Lipinski definition) is 2. The second-order valence-corrected chi connectivity index (χ2v) is 6.86. The van der Waals surface area contributed by atoms with E-state index < -0.39 is 17.6 Å². The van der Waals surface area contributed by atoms with Gasteiger partial charge in [0.05, 0.1) is 11.8 Å². The van der Waals surface area contributed by atoms with E-state index in [1.54, 1.807) is 12.1 Å². The molecular weight excluding hydrogens is 441 g/mol. The fourth-order valence-electron chi connectivity index (χ4n) is 2.87. The Hall–Kier alpha value is -4.55. The minimum absolute atomic E-state index is 0.0466. The van der Waals surface area contributed by atoms with Crippen LogP contribution >= 0.6 is 0 Å². The molecule has 0 bridgehead atoms. The number of benzene rings is 2. The zero-order chi connectivity index (χ0) is 23.6. The average Bonchev–Trinajstić information content (AvgIpc) is 3.40. The van der Waals surface area contributed by atoms with Crippen molar-refractivity contribution in [3.8, 4) is 17.1 Å². The summed E-state index contributed by atoms with van der Waals surface area (Å²) in [5.41, 5.74) is 9.37. The van der Waals surface area contributed by atoms with Gasteiger partial charge in [-0.2, -0.15) is 23.0 Å². The van der Waals surface area contributed by atoms with E-state index in [1.807, 2.05) is 19.1 Å². The fourth-order valence-corrected chi connectivity index (χ4v) is 2.87. The summed E-state index contributed by atoms with van der Waals surface area (Å²) >= 11 is 0. The van der Waals surface area contributed by atoms with Crippen LogP contribution < -0.4 is 11.2 Å². The Morgan fingerprint density at radius 1 is 1.12 bits per heavy atom. The van der Waals surface area contributed by atoms with Gasteiger partial charge < -0.3 is 5.73 Å². The lowest BCUT2D eigenvalue weighted by Crippen LogP contribution is -2.19. The Labute approximate surface area is 183 Å². The molecule has 4 aromatic rings. The summed E-state index contributed by atoms with van der Waals surface area (Å²) in [4.78, 5) is 12.8. The van der Waals surface area contributed by atoms with E-state index in [1.165, 1.54) is 23.0 Å². The summed E-state index contributed by atoms with van der Waals surface area (Å²) in [5, 5.41) is 18.9. The van der Waals surface area contributed by atoms with Crippen LogP contribution in [0, 0.1) is 6.92 Å². The Balaban J connectivity index is 1.61. The highest BCUT2D eigenvalue weighted by molar-refractivity contribution is 5.98. The van der Waals surface area contributed by atoms with Crippen LogP contribution in [0.3, 0.4) is 0 Å². The highest BCUT2D eigenvalue weighted by Crippen LogP contribution is 2.29. The first-order valence-electron chi connectivity index (χ1n) is 9.36. The molecule has 0 unspecified atom stereocenters. The Morgan fingerprint density at radius 3 is 2.42 bits per heavy atom. The van der Waals surface area contributed by atoms with Crippen LogP contribution in [0.1, 0.15) is 27.2 Å². The number of aryl methyl sites for hydroxylation is 1. The van der Waals surface area contributed by atoms with Crippen molar-refractivity contribution in [1.29, 1.82) is 0 Å². The van der Waals surface area contributed by atoms with E-state index in [4.69, 9.17) is 5.73 Å². The van der Waals surface area contributed by atoms with Gasteiger partial charge in [-0.25, -0.2) is 10.1 Å². The van der Waals surface area contributed by atoms with Crippen molar-refractivity contribution >= 4 is 17.9 Å². The molecule has 3 N–H and O–H groups in total. The molecule has 0 saturated heterocycles. The molecule has 0 radical (unpaired) electrons. The summed E-state index contributed by atoms with van der Waals surface area (Å²) in [5.74, 6) is -0.721. The van der Waals surface area contributed by atoms with Crippen LogP contribution in [0.15, 0.2) is 58.3 Å². The predicted molar refractivity (Wildman–Crippen MR) is 110 cm³/mol. The molecule has 0 aliphatic carbocycles. The summed E-state index contributed by atoms with van der Waals surface area (Å²) in [7, 11) is 0. The molecule has 13 heteroatoms. The Bertz CT molecular complexity index is 1310. The van der Waals surface area contributed by atoms with Gasteiger partial charge in [0.25, 0.3) is 5.91 Å². The number of alkyl halides is 3. The fraction of sp³-hybridized carbons (Fsp3) is 0.100. The minimum atomic E-state index is -4.44. The van der Waals surface area contributed by atoms with Crippen LogP contribution in [0.4, 0.5) is 19.0 Å². The van der Waals surface area contributed by atoms with Crippen molar-refractivity contribution in [3.05, 3.63) is 70.9 Å². The molecule has 168 valence electrons. The first kappa shape index (κ1) is 21.7. The molecule has 10 nitrogen and oxygen atoms in total. The zero-order valence-corrected chi connectivity index (χ0v) is 16.9. The smallest absolute Gasteiger partial charge is 0.378 e. The van der Waals surface area contributed by atoms with Crippen LogP contribution in [0.25, 0.3) is 17.1 Å². The number of anilines is 1. The normalized spacial score (nSPS) is 11.8. The van der Waals surface area contributed by atoms with Crippen molar-refractivity contribution in [3.63, 3.8) is 0 Å². The number of carbonyl (C=O) groups is 1. The summed E-state index contributed by atoms with van der Waals surface area (Å²) in [6.45, 7) is 1.91. The molecule has 2 aromatic carbocycles. The number of nitrogen functional groups attached to an aromatic ring is 1. The molecule has 0 saturated carbocycles. The molecule has 33 heavy (non-hydrogen) atoms. The average molecular weight is 456 g/mol. The van der Waals surface area contributed by atoms with Gasteiger partial charge in [-0.3, -0.25) is 4.79 Å². The van der Waals surface area contributed by atoms with E-state index in [9.17, 15) is 18.0 Å². The summed E-state index contributed by atoms with van der Waals surface area (Å²) in [6, 6.07) is 11.5. The molecule has 2 heterocycles. The second-order valence-electron chi connectivity index (χ2n) is 6.86. The second kappa shape index (κ2) is 8.53. The van der Waals surface area contributed by atoms with Crippen molar-refractivity contribution < 1.29 is 22.6 Å². The third kappa shape index (κ3) is 4.56. The van der Waals surface area contributed by atoms with Crippen LogP contribution in [0.5, 0.6) is 0 Å². The molecule has 0 fully saturated rings. The number of rotatable bonds is 5. The van der Waals surface area contributed by atoms with Gasteiger partial charge in [-0.05, 0) is 34.9 Å². The lowest BCUT2D eigenvalue weighted by atomic mass is 10.1. The number of hydrogen-bond acceptors (Lipinski definition) is 8. The lowest BCUT2D eigenvalue weighted by Gasteiger charge is -2.06. The monoisotopic (exact) mass is 456 g/mol. The van der Waals surface area contributed by atoms with Gasteiger partial charge in [0.1, 0.15) is 5.69 Å². The minimum Gasteiger partial charge on any atom is -0.378 e. The maximum absolute atomic E-state index is 12.8. The lowest BCUT2D eigenvalue weighted by molar-refractivity contribution is -0.137. The number of nitrogens with two attached hydrogens (primary N) is 1. The largest absolute Gasteiger partial charge is 0.416 e. The summed E-state index contributed by atoms with van der Waals surface area (Å²) < 4.78 is 43.8. The Kier molecular flexibility index (Phi) is 5.60. The predicted octanol–water partition coefficient (Wildman–Crippen LogP) is 2.99. The highest BCUT2D eigenvalue weighted by atomic mass is 19.4. The molecule has 1 amide bonds. The number of nitrogens with zero attached hydrogens (tertiary/aromatic N) is 6. The van der Waals surface area contributed by atoms with Gasteiger partial charge in [-0.1, -0.05) is 47.2 Å². The summed E-state index contributed by atoms with van der Waals surface area (Å²) in [6.07, 6.45) is -3.24.